The van der Waals surface area contributed by atoms with E-state index in [4.69, 9.17) is 0 Å². The fraction of sp³-hybridized carbons (Fsp3) is 0.647. The fourth-order valence-corrected chi connectivity index (χ4v) is 3.70. The maximum absolute atomic E-state index is 12.2. The molecule has 1 aromatic rings. The second-order valence-corrected chi connectivity index (χ2v) is 6.59. The highest BCUT2D eigenvalue weighted by Gasteiger charge is 2.57. The van der Waals surface area contributed by atoms with Gasteiger partial charge < -0.3 is 10.6 Å². The van der Waals surface area contributed by atoms with Crippen molar-refractivity contribution >= 4 is 11.6 Å². The molecule has 114 valence electrons. The van der Waals surface area contributed by atoms with Crippen molar-refractivity contribution in [3.05, 3.63) is 24.0 Å². The Morgan fingerprint density at radius 2 is 2.14 bits per heavy atom. The molecule has 2 saturated carbocycles. The van der Waals surface area contributed by atoms with E-state index >= 15 is 0 Å². The lowest BCUT2D eigenvalue weighted by atomic mass is 9.84. The standard InChI is InChI=1S/C17H25N3O/c1-13-12-18-8-5-15(13)19-9-10-20-16(21)14-11-17(14)6-3-2-4-7-17/h5,8,12,14H,2-4,6-7,9-11H2,1H3,(H,18,19)(H,20,21). The number of nitrogens with zero attached hydrogens (tertiary/aromatic N) is 1. The minimum Gasteiger partial charge on any atom is -0.383 e. The quantitative estimate of drug-likeness (QED) is 0.819. The number of hydrogen-bond donors (Lipinski definition) is 2. The number of rotatable bonds is 5. The van der Waals surface area contributed by atoms with E-state index < -0.39 is 0 Å². The summed E-state index contributed by atoms with van der Waals surface area (Å²) in [5.74, 6) is 0.561. The highest BCUT2D eigenvalue weighted by molar-refractivity contribution is 5.82. The number of aryl methyl sites for hydroxylation is 1. The summed E-state index contributed by atoms with van der Waals surface area (Å²) in [5.41, 5.74) is 2.61. The first kappa shape index (κ1) is 14.4. The lowest BCUT2D eigenvalue weighted by Gasteiger charge is -2.22. The molecule has 3 rings (SSSR count). The molecule has 21 heavy (non-hydrogen) atoms. The van der Waals surface area contributed by atoms with E-state index in [1.807, 2.05) is 19.2 Å². The number of aromatic nitrogens is 1. The lowest BCUT2D eigenvalue weighted by Crippen LogP contribution is -2.32. The monoisotopic (exact) mass is 287 g/mol. The Bertz CT molecular complexity index is 509. The molecule has 4 nitrogen and oxygen atoms in total. The minimum absolute atomic E-state index is 0.269. The number of pyridine rings is 1. The molecular weight excluding hydrogens is 262 g/mol. The number of carbonyl (C=O) groups is 1. The predicted molar refractivity (Wildman–Crippen MR) is 84.1 cm³/mol. The zero-order valence-electron chi connectivity index (χ0n) is 12.8. The van der Waals surface area contributed by atoms with Gasteiger partial charge in [-0.2, -0.15) is 0 Å². The van der Waals surface area contributed by atoms with Gasteiger partial charge in [-0.15, -0.1) is 0 Å². The van der Waals surface area contributed by atoms with Gasteiger partial charge in [0.05, 0.1) is 0 Å². The number of hydrogen-bond acceptors (Lipinski definition) is 3. The van der Waals surface area contributed by atoms with Crippen LogP contribution in [0.4, 0.5) is 5.69 Å². The van der Waals surface area contributed by atoms with E-state index in [0.29, 0.717) is 17.9 Å². The second kappa shape index (κ2) is 6.04. The SMILES string of the molecule is Cc1cnccc1NCCNC(=O)C1CC12CCCCC2. The molecule has 1 unspecified atom stereocenters. The number of anilines is 1. The summed E-state index contributed by atoms with van der Waals surface area (Å²) < 4.78 is 0. The third kappa shape index (κ3) is 3.20. The van der Waals surface area contributed by atoms with Gasteiger partial charge in [-0.25, -0.2) is 0 Å². The first-order valence-electron chi connectivity index (χ1n) is 8.13. The molecule has 1 amide bonds. The summed E-state index contributed by atoms with van der Waals surface area (Å²) in [6.07, 6.45) is 11.3. The van der Waals surface area contributed by atoms with Crippen molar-refractivity contribution in [2.75, 3.05) is 18.4 Å². The van der Waals surface area contributed by atoms with E-state index in [0.717, 1.165) is 24.2 Å². The van der Waals surface area contributed by atoms with Gasteiger partial charge in [-0.05, 0) is 43.2 Å². The average Bonchev–Trinajstić information content (AvgIpc) is 3.19. The Morgan fingerprint density at radius 1 is 1.33 bits per heavy atom. The van der Waals surface area contributed by atoms with Crippen molar-refractivity contribution in [3.8, 4) is 0 Å². The Kier molecular flexibility index (Phi) is 4.13. The Hall–Kier alpha value is -1.58. The van der Waals surface area contributed by atoms with Crippen molar-refractivity contribution in [2.24, 2.45) is 11.3 Å². The summed E-state index contributed by atoms with van der Waals surface area (Å²) in [4.78, 5) is 16.3. The molecule has 0 bridgehead atoms. The fourth-order valence-electron chi connectivity index (χ4n) is 3.70. The van der Waals surface area contributed by atoms with Crippen LogP contribution in [0.5, 0.6) is 0 Å². The topological polar surface area (TPSA) is 54.0 Å². The van der Waals surface area contributed by atoms with Gasteiger partial charge in [-0.1, -0.05) is 19.3 Å². The van der Waals surface area contributed by atoms with Crippen LogP contribution >= 0.6 is 0 Å². The molecule has 1 spiro atoms. The van der Waals surface area contributed by atoms with Crippen LogP contribution in [0.15, 0.2) is 18.5 Å². The van der Waals surface area contributed by atoms with Gasteiger partial charge in [0.25, 0.3) is 0 Å². The van der Waals surface area contributed by atoms with Crippen LogP contribution in [-0.4, -0.2) is 24.0 Å². The number of amides is 1. The van der Waals surface area contributed by atoms with E-state index in [9.17, 15) is 4.79 Å². The van der Waals surface area contributed by atoms with Crippen LogP contribution in [0.25, 0.3) is 0 Å². The number of carbonyl (C=O) groups excluding carboxylic acids is 1. The zero-order valence-corrected chi connectivity index (χ0v) is 12.8. The van der Waals surface area contributed by atoms with Gasteiger partial charge in [0.2, 0.25) is 5.91 Å². The largest absolute Gasteiger partial charge is 0.383 e. The van der Waals surface area contributed by atoms with E-state index in [-0.39, 0.29) is 5.91 Å². The average molecular weight is 287 g/mol. The van der Waals surface area contributed by atoms with Crippen LogP contribution in [0.1, 0.15) is 44.1 Å². The molecule has 1 atom stereocenters. The first-order valence-corrected chi connectivity index (χ1v) is 8.13. The lowest BCUT2D eigenvalue weighted by molar-refractivity contribution is -0.123. The van der Waals surface area contributed by atoms with Crippen LogP contribution in [-0.2, 0) is 4.79 Å². The predicted octanol–water partition coefficient (Wildman–Crippen LogP) is 2.89. The summed E-state index contributed by atoms with van der Waals surface area (Å²) in [5, 5.41) is 6.43. The molecule has 0 saturated heterocycles. The minimum atomic E-state index is 0.269. The summed E-state index contributed by atoms with van der Waals surface area (Å²) in [6, 6.07) is 1.97. The first-order chi connectivity index (χ1) is 10.2. The van der Waals surface area contributed by atoms with Gasteiger partial charge in [0.1, 0.15) is 0 Å². The van der Waals surface area contributed by atoms with Crippen molar-refractivity contribution < 1.29 is 4.79 Å². The molecule has 0 aliphatic heterocycles. The molecule has 1 aromatic heterocycles. The molecule has 4 heteroatoms. The van der Waals surface area contributed by atoms with E-state index in [1.54, 1.807) is 6.20 Å². The van der Waals surface area contributed by atoms with Gasteiger partial charge in [0.15, 0.2) is 0 Å². The van der Waals surface area contributed by atoms with E-state index in [2.05, 4.69) is 15.6 Å². The van der Waals surface area contributed by atoms with Crippen LogP contribution in [0, 0.1) is 18.3 Å². The molecule has 2 aliphatic carbocycles. The summed E-state index contributed by atoms with van der Waals surface area (Å²) in [7, 11) is 0. The second-order valence-electron chi connectivity index (χ2n) is 6.59. The highest BCUT2D eigenvalue weighted by Crippen LogP contribution is 2.61. The normalized spacial score (nSPS) is 22.8. The molecule has 0 aromatic carbocycles. The molecular formula is C17H25N3O. The number of nitrogens with one attached hydrogen (secondary N) is 2. The van der Waals surface area contributed by atoms with Crippen molar-refractivity contribution in [1.29, 1.82) is 0 Å². The molecule has 2 N–H and O–H groups in total. The van der Waals surface area contributed by atoms with Gasteiger partial charge in [-0.3, -0.25) is 9.78 Å². The van der Waals surface area contributed by atoms with Crippen LogP contribution in [0.2, 0.25) is 0 Å². The summed E-state index contributed by atoms with van der Waals surface area (Å²) >= 11 is 0. The van der Waals surface area contributed by atoms with Crippen molar-refractivity contribution in [1.82, 2.24) is 10.3 Å². The molecule has 2 aliphatic rings. The molecule has 0 radical (unpaired) electrons. The van der Waals surface area contributed by atoms with Crippen LogP contribution < -0.4 is 10.6 Å². The third-order valence-corrected chi connectivity index (χ3v) is 5.12. The Labute approximate surface area is 126 Å². The van der Waals surface area contributed by atoms with Crippen molar-refractivity contribution in [3.63, 3.8) is 0 Å². The Balaban J connectivity index is 1.38. The third-order valence-electron chi connectivity index (χ3n) is 5.12. The molecule has 2 fully saturated rings. The molecule has 1 heterocycles. The highest BCUT2D eigenvalue weighted by atomic mass is 16.2. The van der Waals surface area contributed by atoms with Crippen LogP contribution in [0.3, 0.4) is 0 Å². The van der Waals surface area contributed by atoms with Crippen molar-refractivity contribution in [2.45, 2.75) is 45.4 Å². The zero-order chi connectivity index (χ0) is 14.7. The van der Waals surface area contributed by atoms with E-state index in [1.165, 1.54) is 32.1 Å². The maximum atomic E-state index is 12.2. The maximum Gasteiger partial charge on any atom is 0.223 e. The van der Waals surface area contributed by atoms with Gasteiger partial charge >= 0.3 is 0 Å². The summed E-state index contributed by atoms with van der Waals surface area (Å²) in [6.45, 7) is 3.48. The smallest absolute Gasteiger partial charge is 0.223 e. The van der Waals surface area contributed by atoms with Gasteiger partial charge in [0, 0.05) is 37.1 Å². The Morgan fingerprint density at radius 3 is 2.90 bits per heavy atom.